The number of carbonyl (C=O) groups is 1. The Balaban J connectivity index is 1.78. The Morgan fingerprint density at radius 1 is 1.32 bits per heavy atom. The van der Waals surface area contributed by atoms with Gasteiger partial charge in [-0.3, -0.25) is 9.48 Å². The fourth-order valence-electron chi connectivity index (χ4n) is 4.59. The normalized spacial score (nSPS) is 28.0. The first-order valence-electron chi connectivity index (χ1n) is 10.0. The highest BCUT2D eigenvalue weighted by molar-refractivity contribution is 5.73. The van der Waals surface area contributed by atoms with Crippen LogP contribution < -0.4 is 5.32 Å². The first-order chi connectivity index (χ1) is 12.1. The Morgan fingerprint density at radius 2 is 2.08 bits per heavy atom. The summed E-state index contributed by atoms with van der Waals surface area (Å²) in [6.07, 6.45) is 11.6. The third-order valence-corrected chi connectivity index (χ3v) is 5.86. The van der Waals surface area contributed by atoms with E-state index in [1.54, 1.807) is 6.92 Å². The van der Waals surface area contributed by atoms with Crippen molar-refractivity contribution in [1.29, 1.82) is 0 Å². The van der Waals surface area contributed by atoms with Gasteiger partial charge in [-0.15, -0.1) is 0 Å². The molecule has 1 aliphatic heterocycles. The number of rotatable bonds is 5. The SMILES string of the molecule is CCCn1ncc([C@@H]2C[C@H](NC(C)=O)C[C@H](C3CCCCC3)O2)c1C. The first kappa shape index (κ1) is 18.4. The molecule has 25 heavy (non-hydrogen) atoms. The van der Waals surface area contributed by atoms with E-state index in [0.29, 0.717) is 5.92 Å². The van der Waals surface area contributed by atoms with Crippen molar-refractivity contribution in [1.82, 2.24) is 15.1 Å². The fourth-order valence-corrected chi connectivity index (χ4v) is 4.59. The maximum Gasteiger partial charge on any atom is 0.217 e. The summed E-state index contributed by atoms with van der Waals surface area (Å²) >= 11 is 0. The molecule has 1 amide bonds. The monoisotopic (exact) mass is 347 g/mol. The molecular weight excluding hydrogens is 314 g/mol. The Morgan fingerprint density at radius 3 is 2.76 bits per heavy atom. The molecule has 140 valence electrons. The number of carbonyl (C=O) groups excluding carboxylic acids is 1. The Kier molecular flexibility index (Phi) is 6.15. The average molecular weight is 348 g/mol. The van der Waals surface area contributed by atoms with E-state index in [-0.39, 0.29) is 24.2 Å². The molecule has 5 heteroatoms. The summed E-state index contributed by atoms with van der Waals surface area (Å²) in [6.45, 7) is 6.87. The van der Waals surface area contributed by atoms with Crippen molar-refractivity contribution in [3.63, 3.8) is 0 Å². The number of amides is 1. The quantitative estimate of drug-likeness (QED) is 0.879. The van der Waals surface area contributed by atoms with Crippen LogP contribution in [0.5, 0.6) is 0 Å². The van der Waals surface area contributed by atoms with E-state index in [1.807, 2.05) is 6.20 Å². The lowest BCUT2D eigenvalue weighted by Gasteiger charge is -2.40. The Hall–Kier alpha value is -1.36. The number of nitrogens with zero attached hydrogens (tertiary/aromatic N) is 2. The summed E-state index contributed by atoms with van der Waals surface area (Å²) in [5, 5.41) is 7.71. The van der Waals surface area contributed by atoms with Gasteiger partial charge >= 0.3 is 0 Å². The fraction of sp³-hybridized carbons (Fsp3) is 0.800. The average Bonchev–Trinajstić information content (AvgIpc) is 2.96. The van der Waals surface area contributed by atoms with Gasteiger partial charge in [0.05, 0.1) is 18.4 Å². The summed E-state index contributed by atoms with van der Waals surface area (Å²) in [6, 6.07) is 0.206. The van der Waals surface area contributed by atoms with E-state index in [1.165, 1.54) is 43.4 Å². The smallest absolute Gasteiger partial charge is 0.217 e. The molecule has 2 aliphatic rings. The van der Waals surface area contributed by atoms with Crippen molar-refractivity contribution in [2.24, 2.45) is 5.92 Å². The maximum atomic E-state index is 11.6. The number of hydrogen-bond acceptors (Lipinski definition) is 3. The van der Waals surface area contributed by atoms with Gasteiger partial charge in [0, 0.05) is 30.8 Å². The van der Waals surface area contributed by atoms with E-state index in [9.17, 15) is 4.79 Å². The van der Waals surface area contributed by atoms with Crippen LogP contribution in [0.15, 0.2) is 6.20 Å². The van der Waals surface area contributed by atoms with Crippen LogP contribution in [0.2, 0.25) is 0 Å². The Labute approximate surface area is 151 Å². The minimum absolute atomic E-state index is 0.0446. The van der Waals surface area contributed by atoms with E-state index in [4.69, 9.17) is 4.74 Å². The van der Waals surface area contributed by atoms with Crippen LogP contribution in [0.3, 0.4) is 0 Å². The van der Waals surface area contributed by atoms with E-state index >= 15 is 0 Å². The van der Waals surface area contributed by atoms with Gasteiger partial charge in [0.1, 0.15) is 0 Å². The molecule has 1 aromatic rings. The van der Waals surface area contributed by atoms with Gasteiger partial charge in [-0.05, 0) is 44.9 Å². The van der Waals surface area contributed by atoms with Crippen molar-refractivity contribution in [3.05, 3.63) is 17.5 Å². The van der Waals surface area contributed by atoms with Gasteiger partial charge in [0.25, 0.3) is 0 Å². The van der Waals surface area contributed by atoms with Crippen LogP contribution in [0.1, 0.15) is 82.6 Å². The molecule has 3 rings (SSSR count). The first-order valence-corrected chi connectivity index (χ1v) is 10.0. The lowest BCUT2D eigenvalue weighted by atomic mass is 9.80. The highest BCUT2D eigenvalue weighted by atomic mass is 16.5. The van der Waals surface area contributed by atoms with Crippen molar-refractivity contribution in [2.45, 2.75) is 96.9 Å². The third-order valence-electron chi connectivity index (χ3n) is 5.86. The summed E-state index contributed by atoms with van der Waals surface area (Å²) in [7, 11) is 0. The van der Waals surface area contributed by atoms with Gasteiger partial charge in [-0.2, -0.15) is 5.10 Å². The van der Waals surface area contributed by atoms with Gasteiger partial charge in [0.2, 0.25) is 5.91 Å². The lowest BCUT2D eigenvalue weighted by molar-refractivity contribution is -0.124. The summed E-state index contributed by atoms with van der Waals surface area (Å²) < 4.78 is 8.67. The number of nitrogens with one attached hydrogen (secondary N) is 1. The second-order valence-corrected chi connectivity index (χ2v) is 7.84. The second kappa shape index (κ2) is 8.35. The topological polar surface area (TPSA) is 56.2 Å². The van der Waals surface area contributed by atoms with Gasteiger partial charge < -0.3 is 10.1 Å². The van der Waals surface area contributed by atoms with Crippen LogP contribution in [0.4, 0.5) is 0 Å². The van der Waals surface area contributed by atoms with E-state index in [2.05, 4.69) is 28.9 Å². The molecule has 5 nitrogen and oxygen atoms in total. The standard InChI is InChI=1S/C20H33N3O2/c1-4-10-23-14(2)18(13-21-23)20-12-17(22-15(3)24)11-19(25-20)16-8-6-5-7-9-16/h13,16-17,19-20H,4-12H2,1-3H3,(H,22,24)/t17-,19-,20+/m1/s1. The van der Waals surface area contributed by atoms with Gasteiger partial charge in [0.15, 0.2) is 0 Å². The molecule has 0 bridgehead atoms. The minimum atomic E-state index is 0.0446. The van der Waals surface area contributed by atoms with Gasteiger partial charge in [-0.1, -0.05) is 26.2 Å². The van der Waals surface area contributed by atoms with Crippen LogP contribution in [0.25, 0.3) is 0 Å². The molecule has 1 aliphatic carbocycles. The largest absolute Gasteiger partial charge is 0.370 e. The molecule has 2 fully saturated rings. The zero-order valence-corrected chi connectivity index (χ0v) is 16.0. The zero-order valence-electron chi connectivity index (χ0n) is 16.0. The van der Waals surface area contributed by atoms with Crippen molar-refractivity contribution < 1.29 is 9.53 Å². The molecule has 1 aromatic heterocycles. The maximum absolute atomic E-state index is 11.6. The molecule has 0 unspecified atom stereocenters. The number of aryl methyl sites for hydroxylation is 1. The minimum Gasteiger partial charge on any atom is -0.370 e. The van der Waals surface area contributed by atoms with Crippen molar-refractivity contribution in [2.75, 3.05) is 0 Å². The highest BCUT2D eigenvalue weighted by Crippen LogP contribution is 2.39. The third kappa shape index (κ3) is 4.43. The van der Waals surface area contributed by atoms with Crippen LogP contribution in [0, 0.1) is 12.8 Å². The van der Waals surface area contributed by atoms with Crippen LogP contribution >= 0.6 is 0 Å². The second-order valence-electron chi connectivity index (χ2n) is 7.84. The molecule has 0 radical (unpaired) electrons. The van der Waals surface area contributed by atoms with Crippen LogP contribution in [-0.4, -0.2) is 27.8 Å². The molecule has 1 saturated heterocycles. The van der Waals surface area contributed by atoms with Crippen LogP contribution in [-0.2, 0) is 16.1 Å². The molecule has 1 saturated carbocycles. The summed E-state index contributed by atoms with van der Waals surface area (Å²) in [5.74, 6) is 0.699. The molecule has 2 heterocycles. The highest BCUT2D eigenvalue weighted by Gasteiger charge is 2.36. The van der Waals surface area contributed by atoms with Gasteiger partial charge in [-0.25, -0.2) is 0 Å². The lowest BCUT2D eigenvalue weighted by Crippen LogP contribution is -2.44. The molecule has 3 atom stereocenters. The molecule has 1 N–H and O–H groups in total. The number of ether oxygens (including phenoxy) is 1. The predicted octanol–water partition coefficient (Wildman–Crippen LogP) is 3.91. The number of aromatic nitrogens is 2. The molecule has 0 spiro atoms. The molecular formula is C20H33N3O2. The predicted molar refractivity (Wildman–Crippen MR) is 98.3 cm³/mol. The zero-order chi connectivity index (χ0) is 17.8. The Bertz CT molecular complexity index is 577. The molecule has 0 aromatic carbocycles. The summed E-state index contributed by atoms with van der Waals surface area (Å²) in [4.78, 5) is 11.6. The van der Waals surface area contributed by atoms with E-state index < -0.39 is 0 Å². The van der Waals surface area contributed by atoms with Crippen molar-refractivity contribution in [3.8, 4) is 0 Å². The summed E-state index contributed by atoms with van der Waals surface area (Å²) in [5.41, 5.74) is 2.40. The van der Waals surface area contributed by atoms with Crippen molar-refractivity contribution >= 4 is 5.91 Å². The van der Waals surface area contributed by atoms with E-state index in [0.717, 1.165) is 25.8 Å². The number of hydrogen-bond donors (Lipinski definition) is 1.